The maximum absolute atomic E-state index is 11.3. The van der Waals surface area contributed by atoms with E-state index in [0.29, 0.717) is 12.3 Å². The lowest BCUT2D eigenvalue weighted by atomic mass is 9.95. The average Bonchev–Trinajstić information content (AvgIpc) is 2.47. The van der Waals surface area contributed by atoms with E-state index >= 15 is 0 Å². The van der Waals surface area contributed by atoms with Crippen molar-refractivity contribution in [3.63, 3.8) is 0 Å². The first-order valence-electron chi connectivity index (χ1n) is 5.64. The predicted octanol–water partition coefficient (Wildman–Crippen LogP) is 1.84. The molecule has 0 N–H and O–H groups in total. The Morgan fingerprint density at radius 1 is 1.69 bits per heavy atom. The summed E-state index contributed by atoms with van der Waals surface area (Å²) in [5.41, 5.74) is 0. The zero-order valence-corrected chi connectivity index (χ0v) is 9.61. The molecule has 1 rings (SSSR count). The molecule has 1 aliphatic rings. The summed E-state index contributed by atoms with van der Waals surface area (Å²) in [6.45, 7) is 5.53. The van der Waals surface area contributed by atoms with Gasteiger partial charge in [-0.2, -0.15) is 0 Å². The minimum Gasteiger partial charge on any atom is -0.459 e. The van der Waals surface area contributed by atoms with Crippen LogP contribution in [0.4, 0.5) is 0 Å². The first-order valence-corrected chi connectivity index (χ1v) is 5.64. The van der Waals surface area contributed by atoms with Gasteiger partial charge >= 0.3 is 11.9 Å². The second-order valence-electron chi connectivity index (χ2n) is 3.99. The number of carbonyl (C=O) groups excluding carboxylic acids is 2. The Kier molecular flexibility index (Phi) is 5.02. The van der Waals surface area contributed by atoms with Crippen LogP contribution in [0.15, 0.2) is 12.7 Å². The standard InChI is InChI=1S/C12H18O4/c1-3-9-5-6-12(14)16-10(7-9)8-15-11(13)4-2/h4,9-10H,2-3,5-8H2,1H3. The van der Waals surface area contributed by atoms with Crippen LogP contribution < -0.4 is 0 Å². The minimum atomic E-state index is -0.478. The second-order valence-corrected chi connectivity index (χ2v) is 3.99. The Bertz CT molecular complexity index is 272. The highest BCUT2D eigenvalue weighted by Gasteiger charge is 2.25. The van der Waals surface area contributed by atoms with Gasteiger partial charge in [-0.05, 0) is 18.8 Å². The van der Waals surface area contributed by atoms with Gasteiger partial charge in [-0.3, -0.25) is 4.79 Å². The van der Waals surface area contributed by atoms with E-state index in [-0.39, 0.29) is 18.7 Å². The fraction of sp³-hybridized carbons (Fsp3) is 0.667. The molecule has 0 aromatic heterocycles. The van der Waals surface area contributed by atoms with Crippen LogP contribution in [0.1, 0.15) is 32.6 Å². The minimum absolute atomic E-state index is 0.132. The summed E-state index contributed by atoms with van der Waals surface area (Å²) in [4.78, 5) is 22.2. The molecule has 2 atom stereocenters. The molecule has 1 saturated heterocycles. The summed E-state index contributed by atoms with van der Waals surface area (Å²) in [5.74, 6) is -0.206. The van der Waals surface area contributed by atoms with Gasteiger partial charge in [0.05, 0.1) is 0 Å². The molecular formula is C12H18O4. The van der Waals surface area contributed by atoms with Gasteiger partial charge in [0.25, 0.3) is 0 Å². The van der Waals surface area contributed by atoms with E-state index in [1.165, 1.54) is 0 Å². The number of hydrogen-bond donors (Lipinski definition) is 0. The molecular weight excluding hydrogens is 208 g/mol. The van der Waals surface area contributed by atoms with Gasteiger partial charge in [0.2, 0.25) is 0 Å². The lowest BCUT2D eigenvalue weighted by Gasteiger charge is -2.17. The highest BCUT2D eigenvalue weighted by Crippen LogP contribution is 2.23. The monoisotopic (exact) mass is 226 g/mol. The molecule has 0 saturated carbocycles. The molecule has 90 valence electrons. The van der Waals surface area contributed by atoms with E-state index in [0.717, 1.165) is 25.3 Å². The Morgan fingerprint density at radius 3 is 3.06 bits per heavy atom. The van der Waals surface area contributed by atoms with E-state index in [1.807, 2.05) is 0 Å². The third-order valence-electron chi connectivity index (χ3n) is 2.81. The molecule has 4 heteroatoms. The molecule has 0 aliphatic carbocycles. The third-order valence-corrected chi connectivity index (χ3v) is 2.81. The molecule has 4 nitrogen and oxygen atoms in total. The molecule has 0 bridgehead atoms. The quantitative estimate of drug-likeness (QED) is 0.542. The number of rotatable bonds is 4. The van der Waals surface area contributed by atoms with Gasteiger partial charge in [-0.1, -0.05) is 19.9 Å². The van der Waals surface area contributed by atoms with Crippen LogP contribution in [0.2, 0.25) is 0 Å². The topological polar surface area (TPSA) is 52.6 Å². The van der Waals surface area contributed by atoms with E-state index in [4.69, 9.17) is 9.47 Å². The smallest absolute Gasteiger partial charge is 0.330 e. The maximum Gasteiger partial charge on any atom is 0.330 e. The molecule has 16 heavy (non-hydrogen) atoms. The van der Waals surface area contributed by atoms with Crippen molar-refractivity contribution >= 4 is 11.9 Å². The first kappa shape index (κ1) is 12.7. The molecule has 0 radical (unpaired) electrons. The highest BCUT2D eigenvalue weighted by molar-refractivity contribution is 5.81. The van der Waals surface area contributed by atoms with Crippen molar-refractivity contribution < 1.29 is 19.1 Å². The third kappa shape index (κ3) is 4.04. The summed E-state index contributed by atoms with van der Waals surface area (Å²) in [6, 6.07) is 0. The molecule has 1 heterocycles. The maximum atomic E-state index is 11.3. The fourth-order valence-corrected chi connectivity index (χ4v) is 1.81. The Hall–Kier alpha value is -1.32. The Morgan fingerprint density at radius 2 is 2.44 bits per heavy atom. The van der Waals surface area contributed by atoms with Crippen molar-refractivity contribution in [1.29, 1.82) is 0 Å². The number of carbonyl (C=O) groups is 2. The first-order chi connectivity index (χ1) is 7.65. The normalized spacial score (nSPS) is 25.4. The van der Waals surface area contributed by atoms with Crippen molar-refractivity contribution in [3.05, 3.63) is 12.7 Å². The zero-order chi connectivity index (χ0) is 12.0. The van der Waals surface area contributed by atoms with Gasteiger partial charge in [0, 0.05) is 12.5 Å². The summed E-state index contributed by atoms with van der Waals surface area (Å²) in [5, 5.41) is 0. The summed E-state index contributed by atoms with van der Waals surface area (Å²) in [7, 11) is 0. The Labute approximate surface area is 95.6 Å². The molecule has 0 aromatic rings. The second kappa shape index (κ2) is 6.30. The number of cyclic esters (lactones) is 1. The summed E-state index contributed by atoms with van der Waals surface area (Å²) < 4.78 is 10.1. The SMILES string of the molecule is C=CC(=O)OCC1CC(CC)CCC(=O)O1. The van der Waals surface area contributed by atoms with Crippen LogP contribution in [0.3, 0.4) is 0 Å². The van der Waals surface area contributed by atoms with E-state index in [2.05, 4.69) is 13.5 Å². The van der Waals surface area contributed by atoms with E-state index < -0.39 is 5.97 Å². The molecule has 2 unspecified atom stereocenters. The average molecular weight is 226 g/mol. The van der Waals surface area contributed by atoms with Gasteiger partial charge < -0.3 is 9.47 Å². The van der Waals surface area contributed by atoms with Crippen molar-refractivity contribution in [3.8, 4) is 0 Å². The fourth-order valence-electron chi connectivity index (χ4n) is 1.81. The number of hydrogen-bond acceptors (Lipinski definition) is 4. The summed E-state index contributed by atoms with van der Waals surface area (Å²) in [6.07, 6.45) is 3.92. The van der Waals surface area contributed by atoms with Crippen LogP contribution in [-0.4, -0.2) is 24.6 Å². The largest absolute Gasteiger partial charge is 0.459 e. The van der Waals surface area contributed by atoms with E-state index in [1.54, 1.807) is 0 Å². The molecule has 0 aromatic carbocycles. The molecule has 1 fully saturated rings. The van der Waals surface area contributed by atoms with Crippen LogP contribution in [0.25, 0.3) is 0 Å². The Balaban J connectivity index is 2.45. The summed E-state index contributed by atoms with van der Waals surface area (Å²) >= 11 is 0. The number of esters is 2. The lowest BCUT2D eigenvalue weighted by Crippen LogP contribution is -2.24. The molecule has 0 amide bonds. The highest BCUT2D eigenvalue weighted by atomic mass is 16.6. The van der Waals surface area contributed by atoms with Crippen LogP contribution in [0, 0.1) is 5.92 Å². The van der Waals surface area contributed by atoms with Gasteiger partial charge in [0.1, 0.15) is 12.7 Å². The van der Waals surface area contributed by atoms with Crippen molar-refractivity contribution in [2.24, 2.45) is 5.92 Å². The zero-order valence-electron chi connectivity index (χ0n) is 9.61. The van der Waals surface area contributed by atoms with Crippen molar-refractivity contribution in [1.82, 2.24) is 0 Å². The van der Waals surface area contributed by atoms with Crippen LogP contribution in [0.5, 0.6) is 0 Å². The predicted molar refractivity (Wildman–Crippen MR) is 58.7 cm³/mol. The van der Waals surface area contributed by atoms with Gasteiger partial charge in [-0.25, -0.2) is 4.79 Å². The van der Waals surface area contributed by atoms with Gasteiger partial charge in [0.15, 0.2) is 0 Å². The lowest BCUT2D eigenvalue weighted by molar-refractivity contribution is -0.156. The van der Waals surface area contributed by atoms with E-state index in [9.17, 15) is 9.59 Å². The van der Waals surface area contributed by atoms with Crippen LogP contribution in [-0.2, 0) is 19.1 Å². The van der Waals surface area contributed by atoms with Crippen molar-refractivity contribution in [2.75, 3.05) is 6.61 Å². The van der Waals surface area contributed by atoms with Crippen LogP contribution >= 0.6 is 0 Å². The molecule has 1 aliphatic heterocycles. The van der Waals surface area contributed by atoms with Gasteiger partial charge in [-0.15, -0.1) is 0 Å². The van der Waals surface area contributed by atoms with Crippen molar-refractivity contribution in [2.45, 2.75) is 38.7 Å². The molecule has 0 spiro atoms. The number of ether oxygens (including phenoxy) is 2.